The maximum absolute atomic E-state index is 15.0. The lowest BCUT2D eigenvalue weighted by molar-refractivity contribution is -0.139. The van der Waals surface area contributed by atoms with Crippen LogP contribution in [0.25, 0.3) is 22.6 Å². The van der Waals surface area contributed by atoms with Gasteiger partial charge in [-0.1, -0.05) is 90.6 Å². The van der Waals surface area contributed by atoms with E-state index in [0.29, 0.717) is 16.7 Å². The topological polar surface area (TPSA) is 111 Å². The molecule has 200 valence electrons. The highest BCUT2D eigenvalue weighted by molar-refractivity contribution is 7.99. The molecule has 1 atom stereocenters. The lowest BCUT2D eigenvalue weighted by atomic mass is 9.83. The van der Waals surface area contributed by atoms with Gasteiger partial charge in [0.1, 0.15) is 28.9 Å². The molecule has 7 nitrogen and oxygen atoms in total. The molecule has 0 fully saturated rings. The molecule has 2 N–H and O–H groups in total. The van der Waals surface area contributed by atoms with Crippen molar-refractivity contribution in [3.8, 4) is 28.7 Å². The Morgan fingerprint density at radius 1 is 1.05 bits per heavy atom. The number of esters is 1. The number of nitrogens with zero attached hydrogens (tertiary/aromatic N) is 2. The van der Waals surface area contributed by atoms with Crippen molar-refractivity contribution in [2.45, 2.75) is 18.1 Å². The Morgan fingerprint density at radius 3 is 2.35 bits per heavy atom. The fourth-order valence-corrected chi connectivity index (χ4v) is 5.21. The number of rotatable bonds is 8. The van der Waals surface area contributed by atoms with E-state index in [1.807, 2.05) is 66.7 Å². The van der Waals surface area contributed by atoms with Crippen molar-refractivity contribution < 1.29 is 23.1 Å². The van der Waals surface area contributed by atoms with Gasteiger partial charge in [-0.2, -0.15) is 5.26 Å². The quantitative estimate of drug-likeness (QED) is 0.193. The third-order valence-electron chi connectivity index (χ3n) is 6.23. The first-order chi connectivity index (χ1) is 19.5. The Balaban J connectivity index is 1.56. The molecule has 5 rings (SSSR count). The van der Waals surface area contributed by atoms with Gasteiger partial charge >= 0.3 is 5.97 Å². The predicted octanol–water partition coefficient (Wildman–Crippen LogP) is 6.56. The SMILES string of the molecule is CCOC(=O)C1=C(CSc2nc(-c3ccccc3)c(-c3ccccc3)o2)OC(N)=C(C#N)[C@H]1c1ccccc1F. The van der Waals surface area contributed by atoms with Crippen molar-refractivity contribution >= 4 is 17.7 Å². The minimum atomic E-state index is -1.10. The second-order valence-corrected chi connectivity index (χ2v) is 9.61. The zero-order chi connectivity index (χ0) is 28.1. The van der Waals surface area contributed by atoms with Gasteiger partial charge in [0.2, 0.25) is 5.88 Å². The van der Waals surface area contributed by atoms with Crippen LogP contribution >= 0.6 is 11.8 Å². The summed E-state index contributed by atoms with van der Waals surface area (Å²) >= 11 is 1.18. The first kappa shape index (κ1) is 26.8. The monoisotopic (exact) mass is 553 g/mol. The van der Waals surface area contributed by atoms with Crippen molar-refractivity contribution in [1.29, 1.82) is 5.26 Å². The maximum Gasteiger partial charge on any atom is 0.338 e. The molecule has 0 radical (unpaired) electrons. The summed E-state index contributed by atoms with van der Waals surface area (Å²) in [7, 11) is 0. The fraction of sp³-hybridized carbons (Fsp3) is 0.129. The third-order valence-corrected chi connectivity index (χ3v) is 7.05. The van der Waals surface area contributed by atoms with Crippen LogP contribution in [0.4, 0.5) is 4.39 Å². The first-order valence-corrected chi connectivity index (χ1v) is 13.5. The molecule has 0 aliphatic carbocycles. The summed E-state index contributed by atoms with van der Waals surface area (Å²) in [6.07, 6.45) is 0. The minimum absolute atomic E-state index is 0.00308. The molecule has 1 aliphatic heterocycles. The molecule has 2 heterocycles. The second kappa shape index (κ2) is 11.9. The summed E-state index contributed by atoms with van der Waals surface area (Å²) < 4.78 is 32.2. The Kier molecular flexibility index (Phi) is 7.99. The van der Waals surface area contributed by atoms with Crippen molar-refractivity contribution in [2.75, 3.05) is 12.4 Å². The van der Waals surface area contributed by atoms with E-state index in [-0.39, 0.29) is 40.7 Å². The van der Waals surface area contributed by atoms with Gasteiger partial charge in [0.15, 0.2) is 5.76 Å². The smallest absolute Gasteiger partial charge is 0.338 e. The predicted molar refractivity (Wildman–Crippen MR) is 149 cm³/mol. The molecule has 1 aromatic heterocycles. The van der Waals surface area contributed by atoms with Crippen LogP contribution in [-0.4, -0.2) is 23.3 Å². The van der Waals surface area contributed by atoms with Crippen LogP contribution in [0, 0.1) is 17.1 Å². The number of hydrogen-bond donors (Lipinski definition) is 1. The van der Waals surface area contributed by atoms with E-state index in [9.17, 15) is 14.4 Å². The van der Waals surface area contributed by atoms with Crippen LogP contribution < -0.4 is 5.73 Å². The average molecular weight is 554 g/mol. The molecular weight excluding hydrogens is 529 g/mol. The molecule has 0 saturated heterocycles. The zero-order valence-corrected chi connectivity index (χ0v) is 22.3. The molecule has 1 aliphatic rings. The summed E-state index contributed by atoms with van der Waals surface area (Å²) in [5, 5.41) is 10.2. The number of aromatic nitrogens is 1. The van der Waals surface area contributed by atoms with Gasteiger partial charge in [-0.15, -0.1) is 0 Å². The van der Waals surface area contributed by atoms with Crippen molar-refractivity contribution in [1.82, 2.24) is 4.98 Å². The van der Waals surface area contributed by atoms with Gasteiger partial charge in [-0.25, -0.2) is 14.2 Å². The van der Waals surface area contributed by atoms with Gasteiger partial charge in [0, 0.05) is 16.7 Å². The molecule has 0 bridgehead atoms. The lowest BCUT2D eigenvalue weighted by Crippen LogP contribution is -2.27. The number of carbonyl (C=O) groups is 1. The summed E-state index contributed by atoms with van der Waals surface area (Å²) in [5.74, 6) is -1.84. The van der Waals surface area contributed by atoms with E-state index < -0.39 is 17.7 Å². The first-order valence-electron chi connectivity index (χ1n) is 12.5. The number of benzene rings is 3. The molecule has 0 saturated carbocycles. The van der Waals surface area contributed by atoms with Crippen LogP contribution in [0.5, 0.6) is 0 Å². The van der Waals surface area contributed by atoms with Crippen LogP contribution in [0.1, 0.15) is 18.4 Å². The fourth-order valence-electron chi connectivity index (χ4n) is 4.44. The number of ether oxygens (including phenoxy) is 2. The highest BCUT2D eigenvalue weighted by atomic mass is 32.2. The number of thioether (sulfide) groups is 1. The van der Waals surface area contributed by atoms with E-state index in [0.717, 1.165) is 11.1 Å². The van der Waals surface area contributed by atoms with Crippen molar-refractivity contribution in [2.24, 2.45) is 5.73 Å². The highest BCUT2D eigenvalue weighted by Gasteiger charge is 2.39. The summed E-state index contributed by atoms with van der Waals surface area (Å²) in [5.41, 5.74) is 8.56. The van der Waals surface area contributed by atoms with Crippen LogP contribution in [0.2, 0.25) is 0 Å². The Hall–Kier alpha value is -4.81. The normalized spacial score (nSPS) is 15.0. The largest absolute Gasteiger partial charge is 0.463 e. The molecule has 0 unspecified atom stereocenters. The molecule has 0 amide bonds. The Labute approximate surface area is 234 Å². The second-order valence-electron chi connectivity index (χ2n) is 8.68. The minimum Gasteiger partial charge on any atom is -0.463 e. The number of carbonyl (C=O) groups excluding carboxylic acids is 1. The molecular formula is C31H24FN3O4S. The molecule has 3 aromatic carbocycles. The molecule has 0 spiro atoms. The number of halogens is 1. The van der Waals surface area contributed by atoms with Crippen LogP contribution in [0.15, 0.2) is 117 Å². The zero-order valence-electron chi connectivity index (χ0n) is 21.5. The molecule has 40 heavy (non-hydrogen) atoms. The molecule has 4 aromatic rings. The van der Waals surface area contributed by atoms with E-state index in [2.05, 4.69) is 0 Å². The number of nitrogens with two attached hydrogens (primary N) is 1. The van der Waals surface area contributed by atoms with Gasteiger partial charge in [-0.05, 0) is 13.0 Å². The highest BCUT2D eigenvalue weighted by Crippen LogP contribution is 2.43. The van der Waals surface area contributed by atoms with Crippen molar-refractivity contribution in [3.05, 3.63) is 119 Å². The van der Waals surface area contributed by atoms with E-state index in [1.54, 1.807) is 13.0 Å². The van der Waals surface area contributed by atoms with E-state index in [4.69, 9.17) is 24.6 Å². The standard InChI is InChI=1S/C31H24FN3O4S/c1-2-37-30(36)26-24(38-29(34)22(17-33)25(26)21-15-9-10-16-23(21)32)18-40-31-35-27(19-11-5-3-6-12-19)28(39-31)20-13-7-4-8-14-20/h3-16,25H,2,18,34H2,1H3/t25-/m1/s1. The van der Waals surface area contributed by atoms with Gasteiger partial charge in [0.25, 0.3) is 5.22 Å². The van der Waals surface area contributed by atoms with E-state index >= 15 is 0 Å². The maximum atomic E-state index is 15.0. The lowest BCUT2D eigenvalue weighted by Gasteiger charge is -2.28. The number of hydrogen-bond acceptors (Lipinski definition) is 8. The van der Waals surface area contributed by atoms with E-state index in [1.165, 1.54) is 30.0 Å². The Morgan fingerprint density at radius 2 is 1.70 bits per heavy atom. The summed E-state index contributed by atoms with van der Waals surface area (Å²) in [6, 6.07) is 27.2. The van der Waals surface area contributed by atoms with Gasteiger partial charge < -0.3 is 19.6 Å². The van der Waals surface area contributed by atoms with Crippen molar-refractivity contribution in [3.63, 3.8) is 0 Å². The van der Waals surface area contributed by atoms with Gasteiger partial charge in [-0.3, -0.25) is 0 Å². The molecule has 9 heteroatoms. The number of allylic oxidation sites excluding steroid dienone is 1. The van der Waals surface area contributed by atoms with Crippen LogP contribution in [-0.2, 0) is 14.3 Å². The number of nitriles is 1. The van der Waals surface area contributed by atoms with Gasteiger partial charge in [0.05, 0.1) is 23.9 Å². The third kappa shape index (κ3) is 5.35. The summed E-state index contributed by atoms with van der Waals surface area (Å²) in [6.45, 7) is 1.74. The Bertz CT molecular complexity index is 1590. The van der Waals surface area contributed by atoms with Crippen LogP contribution in [0.3, 0.4) is 0 Å². The average Bonchev–Trinajstić information content (AvgIpc) is 3.41. The summed E-state index contributed by atoms with van der Waals surface area (Å²) in [4.78, 5) is 17.9. The number of oxazole rings is 1.